The van der Waals surface area contributed by atoms with Gasteiger partial charge < -0.3 is 20.8 Å². The van der Waals surface area contributed by atoms with E-state index >= 15 is 0 Å². The second kappa shape index (κ2) is 8.02. The Hall–Kier alpha value is -3.62. The number of nitrogen functional groups attached to an aromatic ring is 1. The number of rotatable bonds is 6. The number of aromatic nitrogens is 1. The lowest BCUT2D eigenvalue weighted by Gasteiger charge is -2.17. The van der Waals surface area contributed by atoms with Crippen molar-refractivity contribution in [1.29, 1.82) is 0 Å². The smallest absolute Gasteiger partial charge is 0.423 e. The Labute approximate surface area is 173 Å². The van der Waals surface area contributed by atoms with Crippen LogP contribution in [-0.4, -0.2) is 33.6 Å². The fourth-order valence-electron chi connectivity index (χ4n) is 3.85. The van der Waals surface area contributed by atoms with E-state index < -0.39 is 13.0 Å². The SMILES string of the molecule is Nc1ccc(-c2[nH]c3ccccc3c2C(C[N+](=O)[O-])c2cccc(B(O)O)c2)cc1. The van der Waals surface area contributed by atoms with Gasteiger partial charge in [-0.1, -0.05) is 54.6 Å². The summed E-state index contributed by atoms with van der Waals surface area (Å²) in [6, 6.07) is 21.6. The zero-order valence-electron chi connectivity index (χ0n) is 16.0. The molecule has 0 bridgehead atoms. The molecule has 0 fully saturated rings. The van der Waals surface area contributed by atoms with E-state index in [0.29, 0.717) is 11.3 Å². The minimum atomic E-state index is -1.65. The number of anilines is 1. The van der Waals surface area contributed by atoms with Crippen molar-refractivity contribution < 1.29 is 15.0 Å². The van der Waals surface area contributed by atoms with Crippen LogP contribution in [-0.2, 0) is 0 Å². The van der Waals surface area contributed by atoms with Crippen LogP contribution < -0.4 is 11.2 Å². The maximum Gasteiger partial charge on any atom is 0.488 e. The fourth-order valence-corrected chi connectivity index (χ4v) is 3.85. The number of H-pyrrole nitrogens is 1. The first-order valence-corrected chi connectivity index (χ1v) is 9.48. The summed E-state index contributed by atoms with van der Waals surface area (Å²) in [6.07, 6.45) is 0. The van der Waals surface area contributed by atoms with Gasteiger partial charge in [0, 0.05) is 21.5 Å². The summed E-state index contributed by atoms with van der Waals surface area (Å²) in [5.41, 5.74) is 10.7. The molecular formula is C22H20BN3O4. The van der Waals surface area contributed by atoms with E-state index in [2.05, 4.69) is 4.98 Å². The standard InChI is InChI=1S/C22H20BN3O4/c24-17-10-8-14(9-11-17)22-21(18-6-1-2-7-20(18)25-22)19(13-26(29)30)15-4-3-5-16(12-15)23(27)28/h1-12,19,25,27-28H,13,24H2. The van der Waals surface area contributed by atoms with Crippen molar-refractivity contribution in [2.45, 2.75) is 5.92 Å². The Kier molecular flexibility index (Phi) is 5.26. The second-order valence-corrected chi connectivity index (χ2v) is 7.19. The van der Waals surface area contributed by atoms with E-state index in [1.165, 1.54) is 0 Å². The minimum Gasteiger partial charge on any atom is -0.423 e. The van der Waals surface area contributed by atoms with Crippen LogP contribution >= 0.6 is 0 Å². The summed E-state index contributed by atoms with van der Waals surface area (Å²) in [5.74, 6) is -0.595. The maximum absolute atomic E-state index is 11.6. The van der Waals surface area contributed by atoms with E-state index in [1.807, 2.05) is 36.4 Å². The van der Waals surface area contributed by atoms with Crippen molar-refractivity contribution in [3.8, 4) is 11.3 Å². The molecule has 0 aliphatic heterocycles. The van der Waals surface area contributed by atoms with Crippen molar-refractivity contribution in [2.24, 2.45) is 0 Å². The third-order valence-electron chi connectivity index (χ3n) is 5.24. The summed E-state index contributed by atoms with van der Waals surface area (Å²) in [5, 5.41) is 31.6. The number of para-hydroxylation sites is 1. The third kappa shape index (κ3) is 3.78. The lowest BCUT2D eigenvalue weighted by molar-refractivity contribution is -0.481. The molecule has 3 aromatic carbocycles. The summed E-state index contributed by atoms with van der Waals surface area (Å²) in [4.78, 5) is 14.7. The number of nitrogens with two attached hydrogens (primary N) is 1. The van der Waals surface area contributed by atoms with Gasteiger partial charge in [-0.15, -0.1) is 0 Å². The van der Waals surface area contributed by atoms with Gasteiger partial charge in [-0.3, -0.25) is 10.1 Å². The Balaban J connectivity index is 1.97. The van der Waals surface area contributed by atoms with Crippen LogP contribution in [0.3, 0.4) is 0 Å². The lowest BCUT2D eigenvalue weighted by atomic mass is 9.77. The van der Waals surface area contributed by atoms with E-state index in [1.54, 1.807) is 36.4 Å². The molecule has 5 N–H and O–H groups in total. The van der Waals surface area contributed by atoms with Gasteiger partial charge in [0.2, 0.25) is 6.54 Å². The molecule has 1 unspecified atom stereocenters. The largest absolute Gasteiger partial charge is 0.488 e. The van der Waals surface area contributed by atoms with Gasteiger partial charge in [-0.25, -0.2) is 0 Å². The predicted octanol–water partition coefficient (Wildman–Crippen LogP) is 2.51. The number of nitrogens with zero attached hydrogens (tertiary/aromatic N) is 1. The van der Waals surface area contributed by atoms with E-state index in [-0.39, 0.29) is 16.9 Å². The molecule has 0 saturated carbocycles. The summed E-state index contributed by atoms with van der Waals surface area (Å²) in [7, 11) is -1.65. The molecule has 30 heavy (non-hydrogen) atoms. The van der Waals surface area contributed by atoms with Crippen LogP contribution in [0.4, 0.5) is 5.69 Å². The molecule has 0 amide bonds. The number of aromatic amines is 1. The Morgan fingerprint density at radius 2 is 1.77 bits per heavy atom. The first-order valence-electron chi connectivity index (χ1n) is 9.48. The zero-order valence-corrected chi connectivity index (χ0v) is 16.0. The number of fused-ring (bicyclic) bond motifs is 1. The Morgan fingerprint density at radius 3 is 2.47 bits per heavy atom. The highest BCUT2D eigenvalue weighted by molar-refractivity contribution is 6.58. The average molecular weight is 401 g/mol. The van der Waals surface area contributed by atoms with Gasteiger partial charge in [-0.2, -0.15) is 0 Å². The molecule has 7 nitrogen and oxygen atoms in total. The number of hydrogen-bond donors (Lipinski definition) is 4. The number of benzene rings is 3. The maximum atomic E-state index is 11.6. The molecule has 150 valence electrons. The van der Waals surface area contributed by atoms with Gasteiger partial charge in [0.1, 0.15) is 0 Å². The van der Waals surface area contributed by atoms with Crippen molar-refractivity contribution >= 4 is 29.2 Å². The van der Waals surface area contributed by atoms with Crippen LogP contribution in [0.1, 0.15) is 17.0 Å². The zero-order chi connectivity index (χ0) is 21.3. The third-order valence-corrected chi connectivity index (χ3v) is 5.24. The molecule has 0 spiro atoms. The molecule has 4 rings (SSSR count). The minimum absolute atomic E-state index is 0.287. The first-order chi connectivity index (χ1) is 14.4. The van der Waals surface area contributed by atoms with E-state index in [4.69, 9.17) is 5.73 Å². The van der Waals surface area contributed by atoms with Gasteiger partial charge in [-0.05, 0) is 40.4 Å². The molecule has 0 saturated heterocycles. The number of nitrogens with one attached hydrogen (secondary N) is 1. The average Bonchev–Trinajstić information content (AvgIpc) is 3.12. The van der Waals surface area contributed by atoms with Crippen molar-refractivity contribution in [3.63, 3.8) is 0 Å². The van der Waals surface area contributed by atoms with Crippen LogP contribution in [0, 0.1) is 10.1 Å². The molecule has 1 atom stereocenters. The van der Waals surface area contributed by atoms with Gasteiger partial charge >= 0.3 is 7.12 Å². The van der Waals surface area contributed by atoms with E-state index in [9.17, 15) is 20.2 Å². The number of nitro groups is 1. The highest BCUT2D eigenvalue weighted by Crippen LogP contribution is 2.39. The number of hydrogen-bond acceptors (Lipinski definition) is 5. The quantitative estimate of drug-likeness (QED) is 0.171. The molecule has 0 aliphatic rings. The second-order valence-electron chi connectivity index (χ2n) is 7.19. The lowest BCUT2D eigenvalue weighted by Crippen LogP contribution is -2.30. The van der Waals surface area contributed by atoms with Gasteiger partial charge in [0.25, 0.3) is 0 Å². The molecule has 1 heterocycles. The molecule has 4 aromatic rings. The van der Waals surface area contributed by atoms with E-state index in [0.717, 1.165) is 27.7 Å². The van der Waals surface area contributed by atoms with Crippen LogP contribution in [0.15, 0.2) is 72.8 Å². The molecule has 1 aromatic heterocycles. The summed E-state index contributed by atoms with van der Waals surface area (Å²) >= 11 is 0. The highest BCUT2D eigenvalue weighted by Gasteiger charge is 2.28. The molecule has 0 radical (unpaired) electrons. The molecular weight excluding hydrogens is 381 g/mol. The van der Waals surface area contributed by atoms with Crippen LogP contribution in [0.2, 0.25) is 0 Å². The molecule has 8 heteroatoms. The van der Waals surface area contributed by atoms with Crippen LogP contribution in [0.25, 0.3) is 22.2 Å². The normalized spacial score (nSPS) is 12.1. The summed E-state index contributed by atoms with van der Waals surface area (Å²) in [6.45, 7) is -0.338. The predicted molar refractivity (Wildman–Crippen MR) is 118 cm³/mol. The summed E-state index contributed by atoms with van der Waals surface area (Å²) < 4.78 is 0. The monoisotopic (exact) mass is 401 g/mol. The highest BCUT2D eigenvalue weighted by atomic mass is 16.6. The van der Waals surface area contributed by atoms with Crippen molar-refractivity contribution in [1.82, 2.24) is 4.98 Å². The van der Waals surface area contributed by atoms with Gasteiger partial charge in [0.05, 0.1) is 11.6 Å². The van der Waals surface area contributed by atoms with Gasteiger partial charge in [0.15, 0.2) is 0 Å². The Bertz CT molecular complexity index is 1200. The fraction of sp³-hybridized carbons (Fsp3) is 0.0909. The Morgan fingerprint density at radius 1 is 1.03 bits per heavy atom. The molecule has 0 aliphatic carbocycles. The van der Waals surface area contributed by atoms with Crippen molar-refractivity contribution in [2.75, 3.05) is 12.3 Å². The van der Waals surface area contributed by atoms with Crippen LogP contribution in [0.5, 0.6) is 0 Å². The topological polar surface area (TPSA) is 125 Å². The van der Waals surface area contributed by atoms with Crippen molar-refractivity contribution in [3.05, 3.63) is 94.0 Å². The first kappa shape index (κ1) is 19.7.